The van der Waals surface area contributed by atoms with Gasteiger partial charge < -0.3 is 10.4 Å². The molecule has 1 aliphatic rings. The van der Waals surface area contributed by atoms with E-state index in [1.807, 2.05) is 24.3 Å². The molecule has 5 nitrogen and oxygen atoms in total. The maximum absolute atomic E-state index is 11.4. The molecule has 0 unspecified atom stereocenters. The summed E-state index contributed by atoms with van der Waals surface area (Å²) in [7, 11) is 0. The van der Waals surface area contributed by atoms with Gasteiger partial charge in [-0.3, -0.25) is 0 Å². The number of anilines is 1. The largest absolute Gasteiger partial charge is 0.476 e. The summed E-state index contributed by atoms with van der Waals surface area (Å²) in [6.07, 6.45) is 2.38. The van der Waals surface area contributed by atoms with E-state index >= 15 is 0 Å². The van der Waals surface area contributed by atoms with Gasteiger partial charge in [0.2, 0.25) is 0 Å². The Bertz CT molecular complexity index is 693. The molecule has 1 aliphatic carbocycles. The number of fused-ring (bicyclic) bond motifs is 1. The summed E-state index contributed by atoms with van der Waals surface area (Å²) >= 11 is 0. The van der Waals surface area contributed by atoms with Gasteiger partial charge in [0.15, 0.2) is 5.69 Å². The van der Waals surface area contributed by atoms with E-state index in [-0.39, 0.29) is 5.69 Å². The fourth-order valence-corrected chi connectivity index (χ4v) is 2.77. The first-order valence-electron chi connectivity index (χ1n) is 7.26. The maximum Gasteiger partial charge on any atom is 0.358 e. The molecule has 0 amide bonds. The monoisotopic (exact) mass is 285 g/mol. The second-order valence-electron chi connectivity index (χ2n) is 6.12. The third-order valence-electron chi connectivity index (χ3n) is 4.60. The maximum atomic E-state index is 11.4. The van der Waals surface area contributed by atoms with Crippen LogP contribution in [0.5, 0.6) is 0 Å². The van der Waals surface area contributed by atoms with Gasteiger partial charge in [-0.1, -0.05) is 32.0 Å². The van der Waals surface area contributed by atoms with Crippen molar-refractivity contribution in [2.45, 2.75) is 26.7 Å². The number of rotatable bonds is 5. The standard InChI is InChI=1S/C16H19N3O2/c1-10(2)16(7-8-16)9-17-13-11-5-3-4-6-12(11)18-19-14(13)15(20)21/h3-6,10H,7-9H2,1-2H3,(H,17,18)(H,20,21). The lowest BCUT2D eigenvalue weighted by Gasteiger charge is -2.21. The molecule has 0 bridgehead atoms. The van der Waals surface area contributed by atoms with Crippen LogP contribution in [0.4, 0.5) is 5.69 Å². The average molecular weight is 285 g/mol. The van der Waals surface area contributed by atoms with Crippen molar-refractivity contribution >= 4 is 22.6 Å². The van der Waals surface area contributed by atoms with Crippen molar-refractivity contribution in [1.29, 1.82) is 0 Å². The predicted octanol–water partition coefficient (Wildman–Crippen LogP) is 3.18. The van der Waals surface area contributed by atoms with Gasteiger partial charge in [-0.2, -0.15) is 0 Å². The number of nitrogens with one attached hydrogen (secondary N) is 1. The number of nitrogens with zero attached hydrogens (tertiary/aromatic N) is 2. The number of hydrogen-bond acceptors (Lipinski definition) is 4. The number of carboxylic acid groups (broad SMARTS) is 1. The first-order chi connectivity index (χ1) is 10.0. The molecule has 0 saturated heterocycles. The normalized spacial score (nSPS) is 16.1. The Hall–Kier alpha value is -2.17. The van der Waals surface area contributed by atoms with E-state index < -0.39 is 5.97 Å². The van der Waals surface area contributed by atoms with Gasteiger partial charge in [-0.25, -0.2) is 4.79 Å². The van der Waals surface area contributed by atoms with Crippen LogP contribution in [0.3, 0.4) is 0 Å². The first kappa shape index (κ1) is 13.8. The molecule has 2 N–H and O–H groups in total. The van der Waals surface area contributed by atoms with E-state index in [1.54, 1.807) is 0 Å². The molecule has 0 radical (unpaired) electrons. The summed E-state index contributed by atoms with van der Waals surface area (Å²) in [6.45, 7) is 5.21. The van der Waals surface area contributed by atoms with Crippen LogP contribution in [0.1, 0.15) is 37.2 Å². The van der Waals surface area contributed by atoms with Crippen LogP contribution >= 0.6 is 0 Å². The Balaban J connectivity index is 1.99. The highest BCUT2D eigenvalue weighted by molar-refractivity contribution is 6.02. The van der Waals surface area contributed by atoms with Gasteiger partial charge in [0.1, 0.15) is 0 Å². The highest BCUT2D eigenvalue weighted by Gasteiger charge is 2.45. The number of aromatic carboxylic acids is 1. The van der Waals surface area contributed by atoms with Gasteiger partial charge in [0.05, 0.1) is 11.2 Å². The SMILES string of the molecule is CC(C)C1(CNc2c(C(=O)O)nnc3ccccc23)CC1. The molecule has 0 spiro atoms. The highest BCUT2D eigenvalue weighted by Crippen LogP contribution is 2.51. The van der Waals surface area contributed by atoms with Crippen molar-refractivity contribution in [3.05, 3.63) is 30.0 Å². The van der Waals surface area contributed by atoms with Crippen molar-refractivity contribution in [2.24, 2.45) is 11.3 Å². The molecule has 1 saturated carbocycles. The second kappa shape index (κ2) is 4.98. The van der Waals surface area contributed by atoms with Gasteiger partial charge in [0, 0.05) is 11.9 Å². The van der Waals surface area contributed by atoms with Gasteiger partial charge >= 0.3 is 5.97 Å². The number of carboxylic acids is 1. The van der Waals surface area contributed by atoms with Gasteiger partial charge in [0.25, 0.3) is 0 Å². The Morgan fingerprint density at radius 2 is 2.05 bits per heavy atom. The molecule has 5 heteroatoms. The predicted molar refractivity (Wildman–Crippen MR) is 81.5 cm³/mol. The van der Waals surface area contributed by atoms with Crippen LogP contribution in [-0.4, -0.2) is 27.8 Å². The van der Waals surface area contributed by atoms with Gasteiger partial charge in [-0.05, 0) is 30.2 Å². The Morgan fingerprint density at radius 3 is 2.67 bits per heavy atom. The molecule has 1 aromatic heterocycles. The molecule has 1 fully saturated rings. The molecule has 1 aromatic carbocycles. The topological polar surface area (TPSA) is 75.1 Å². The third kappa shape index (κ3) is 2.44. The number of hydrogen-bond donors (Lipinski definition) is 2. The average Bonchev–Trinajstić information content (AvgIpc) is 3.25. The Labute approximate surface area is 123 Å². The zero-order chi connectivity index (χ0) is 15.0. The molecule has 110 valence electrons. The van der Waals surface area contributed by atoms with Crippen molar-refractivity contribution in [3.63, 3.8) is 0 Å². The van der Waals surface area contributed by atoms with Crippen LogP contribution in [0.2, 0.25) is 0 Å². The lowest BCUT2D eigenvalue weighted by Crippen LogP contribution is -2.22. The zero-order valence-corrected chi connectivity index (χ0v) is 12.3. The minimum absolute atomic E-state index is 0.00624. The second-order valence-corrected chi connectivity index (χ2v) is 6.12. The summed E-state index contributed by atoms with van der Waals surface area (Å²) in [5, 5.41) is 21.3. The van der Waals surface area contributed by atoms with E-state index in [1.165, 1.54) is 12.8 Å². The minimum atomic E-state index is -1.05. The van der Waals surface area contributed by atoms with Gasteiger partial charge in [-0.15, -0.1) is 10.2 Å². The van der Waals surface area contributed by atoms with E-state index in [9.17, 15) is 9.90 Å². The zero-order valence-electron chi connectivity index (χ0n) is 12.3. The summed E-state index contributed by atoms with van der Waals surface area (Å²) in [5.74, 6) is -0.468. The lowest BCUT2D eigenvalue weighted by atomic mass is 9.92. The number of benzene rings is 1. The molecule has 0 aliphatic heterocycles. The summed E-state index contributed by atoms with van der Waals surface area (Å²) in [5.41, 5.74) is 1.58. The summed E-state index contributed by atoms with van der Waals surface area (Å²) in [4.78, 5) is 11.4. The van der Waals surface area contributed by atoms with Crippen molar-refractivity contribution in [1.82, 2.24) is 10.2 Å². The van der Waals surface area contributed by atoms with E-state index in [2.05, 4.69) is 29.4 Å². The highest BCUT2D eigenvalue weighted by atomic mass is 16.4. The van der Waals surface area contributed by atoms with Crippen LogP contribution < -0.4 is 5.32 Å². The molecule has 2 aromatic rings. The molecule has 1 heterocycles. The smallest absolute Gasteiger partial charge is 0.358 e. The lowest BCUT2D eigenvalue weighted by molar-refractivity contribution is 0.0690. The van der Waals surface area contributed by atoms with Crippen LogP contribution in [0, 0.1) is 11.3 Å². The summed E-state index contributed by atoms with van der Waals surface area (Å²) in [6, 6.07) is 7.48. The molecule has 21 heavy (non-hydrogen) atoms. The molecule has 3 rings (SSSR count). The number of aromatic nitrogens is 2. The number of carbonyl (C=O) groups is 1. The van der Waals surface area contributed by atoms with Crippen LogP contribution in [0.15, 0.2) is 24.3 Å². The third-order valence-corrected chi connectivity index (χ3v) is 4.60. The first-order valence-corrected chi connectivity index (χ1v) is 7.26. The van der Waals surface area contributed by atoms with Crippen molar-refractivity contribution in [3.8, 4) is 0 Å². The quantitative estimate of drug-likeness (QED) is 0.882. The fourth-order valence-electron chi connectivity index (χ4n) is 2.77. The molecular weight excluding hydrogens is 266 g/mol. The molecular formula is C16H19N3O2. The van der Waals surface area contributed by atoms with E-state index in [0.717, 1.165) is 11.9 Å². The summed E-state index contributed by atoms with van der Waals surface area (Å²) < 4.78 is 0. The minimum Gasteiger partial charge on any atom is -0.476 e. The van der Waals surface area contributed by atoms with Crippen LogP contribution in [-0.2, 0) is 0 Å². The van der Waals surface area contributed by atoms with Crippen molar-refractivity contribution in [2.75, 3.05) is 11.9 Å². The fraction of sp³-hybridized carbons (Fsp3) is 0.438. The van der Waals surface area contributed by atoms with Crippen LogP contribution in [0.25, 0.3) is 10.9 Å². The van der Waals surface area contributed by atoms with Crippen molar-refractivity contribution < 1.29 is 9.90 Å². The molecule has 0 atom stereocenters. The van der Waals surface area contributed by atoms with E-state index in [4.69, 9.17) is 0 Å². The Kier molecular flexibility index (Phi) is 3.27. The van der Waals surface area contributed by atoms with E-state index in [0.29, 0.717) is 22.5 Å². The Morgan fingerprint density at radius 1 is 1.33 bits per heavy atom.